The summed E-state index contributed by atoms with van der Waals surface area (Å²) in [4.78, 5) is 25.9. The van der Waals surface area contributed by atoms with E-state index in [4.69, 9.17) is 4.74 Å². The molecule has 0 aromatic heterocycles. The van der Waals surface area contributed by atoms with Crippen LogP contribution in [0.15, 0.2) is 60.7 Å². The lowest BCUT2D eigenvalue weighted by Crippen LogP contribution is -2.44. The van der Waals surface area contributed by atoms with E-state index >= 15 is 0 Å². The van der Waals surface area contributed by atoms with Crippen molar-refractivity contribution in [3.05, 3.63) is 71.8 Å². The topological polar surface area (TPSA) is 58.6 Å². The van der Waals surface area contributed by atoms with Crippen LogP contribution in [0.25, 0.3) is 0 Å². The summed E-state index contributed by atoms with van der Waals surface area (Å²) in [6.07, 6.45) is -1.17. The third kappa shape index (κ3) is 3.34. The van der Waals surface area contributed by atoms with E-state index in [9.17, 15) is 9.59 Å². The second kappa shape index (κ2) is 6.52. The highest BCUT2D eigenvalue weighted by atomic mass is 16.6. The van der Waals surface area contributed by atoms with Crippen molar-refractivity contribution >= 4 is 12.0 Å². The Morgan fingerprint density at radius 2 is 1.70 bits per heavy atom. The first kappa shape index (κ1) is 15.1. The summed E-state index contributed by atoms with van der Waals surface area (Å²) in [5.74, 6) is -0.173. The van der Waals surface area contributed by atoms with Crippen LogP contribution in [0.1, 0.15) is 17.2 Å². The monoisotopic (exact) mass is 310 g/mol. The highest BCUT2D eigenvalue weighted by Crippen LogP contribution is 2.27. The summed E-state index contributed by atoms with van der Waals surface area (Å²) in [6.45, 7) is 0.480. The van der Waals surface area contributed by atoms with Crippen LogP contribution in [-0.4, -0.2) is 30.0 Å². The maximum absolute atomic E-state index is 12.7. The highest BCUT2D eigenvalue weighted by molar-refractivity contribution is 5.88. The molecule has 1 aliphatic rings. The summed E-state index contributed by atoms with van der Waals surface area (Å²) in [7, 11) is 1.72. The van der Waals surface area contributed by atoms with Crippen LogP contribution < -0.4 is 5.32 Å². The molecule has 0 aliphatic carbocycles. The molecule has 2 amide bonds. The van der Waals surface area contributed by atoms with Crippen LogP contribution >= 0.6 is 0 Å². The van der Waals surface area contributed by atoms with Crippen molar-refractivity contribution in [3.8, 4) is 0 Å². The lowest BCUT2D eigenvalue weighted by Gasteiger charge is -2.23. The van der Waals surface area contributed by atoms with E-state index in [1.165, 1.54) is 0 Å². The first-order valence-corrected chi connectivity index (χ1v) is 7.46. The van der Waals surface area contributed by atoms with Gasteiger partial charge < -0.3 is 15.0 Å². The van der Waals surface area contributed by atoms with Crippen molar-refractivity contribution in [1.82, 2.24) is 10.2 Å². The Kier molecular flexibility index (Phi) is 4.28. The first-order chi connectivity index (χ1) is 11.1. The van der Waals surface area contributed by atoms with Gasteiger partial charge in [0, 0.05) is 13.6 Å². The molecule has 0 saturated carbocycles. The number of cyclic esters (lactones) is 1. The molecule has 2 aromatic carbocycles. The first-order valence-electron chi connectivity index (χ1n) is 7.46. The van der Waals surface area contributed by atoms with E-state index in [0.717, 1.165) is 11.1 Å². The van der Waals surface area contributed by atoms with E-state index < -0.39 is 18.2 Å². The number of hydrogen-bond donors (Lipinski definition) is 1. The number of carbonyl (C=O) groups is 2. The molecule has 5 heteroatoms. The number of nitrogens with one attached hydrogen (secondary N) is 1. The van der Waals surface area contributed by atoms with Gasteiger partial charge in [-0.15, -0.1) is 0 Å². The predicted molar refractivity (Wildman–Crippen MR) is 85.5 cm³/mol. The van der Waals surface area contributed by atoms with Gasteiger partial charge in [0.1, 0.15) is 0 Å². The van der Waals surface area contributed by atoms with Crippen molar-refractivity contribution < 1.29 is 14.3 Å². The van der Waals surface area contributed by atoms with Crippen molar-refractivity contribution in [2.45, 2.75) is 18.7 Å². The number of alkyl carbamates (subject to hydrolysis) is 1. The fourth-order valence-corrected chi connectivity index (χ4v) is 2.69. The van der Waals surface area contributed by atoms with Gasteiger partial charge in [0.15, 0.2) is 12.1 Å². The molecular formula is C18H18N2O3. The van der Waals surface area contributed by atoms with Gasteiger partial charge in [0.05, 0.1) is 0 Å². The number of rotatable bonds is 4. The number of carbonyl (C=O) groups excluding carboxylic acids is 2. The quantitative estimate of drug-likeness (QED) is 0.944. The van der Waals surface area contributed by atoms with Crippen LogP contribution in [0.4, 0.5) is 4.79 Å². The lowest BCUT2D eigenvalue weighted by atomic mass is 10.0. The Hall–Kier alpha value is -2.82. The van der Waals surface area contributed by atoms with Gasteiger partial charge in [-0.3, -0.25) is 4.79 Å². The number of ether oxygens (including phenoxy) is 1. The van der Waals surface area contributed by atoms with Crippen molar-refractivity contribution in [2.24, 2.45) is 0 Å². The molecule has 5 nitrogen and oxygen atoms in total. The van der Waals surface area contributed by atoms with Gasteiger partial charge in [0.2, 0.25) is 5.91 Å². The maximum atomic E-state index is 12.7. The molecule has 1 N–H and O–H groups in total. The van der Waals surface area contributed by atoms with Crippen LogP contribution in [0.5, 0.6) is 0 Å². The lowest BCUT2D eigenvalue weighted by molar-refractivity contribution is -0.133. The van der Waals surface area contributed by atoms with Crippen LogP contribution in [-0.2, 0) is 16.1 Å². The Bertz CT molecular complexity index is 688. The zero-order chi connectivity index (χ0) is 16.2. The molecule has 23 heavy (non-hydrogen) atoms. The molecule has 1 saturated heterocycles. The molecule has 2 atom stereocenters. The SMILES string of the molecule is CN(Cc1ccccc1)C(=O)C1NC(=O)OC1c1ccccc1. The summed E-state index contributed by atoms with van der Waals surface area (Å²) in [6, 6.07) is 18.3. The number of hydrogen-bond acceptors (Lipinski definition) is 3. The van der Waals surface area contributed by atoms with E-state index in [0.29, 0.717) is 6.54 Å². The van der Waals surface area contributed by atoms with Crippen molar-refractivity contribution in [3.63, 3.8) is 0 Å². The zero-order valence-corrected chi connectivity index (χ0v) is 12.8. The second-order valence-corrected chi connectivity index (χ2v) is 5.54. The number of benzene rings is 2. The third-order valence-corrected chi connectivity index (χ3v) is 3.84. The molecule has 1 heterocycles. The predicted octanol–water partition coefficient (Wildman–Crippen LogP) is 2.49. The smallest absolute Gasteiger partial charge is 0.408 e. The van der Waals surface area contributed by atoms with Gasteiger partial charge in [-0.2, -0.15) is 0 Å². The largest absolute Gasteiger partial charge is 0.439 e. The summed E-state index contributed by atoms with van der Waals surface area (Å²) in [5, 5.41) is 2.62. The number of likely N-dealkylation sites (N-methyl/N-ethyl adjacent to an activating group) is 1. The van der Waals surface area contributed by atoms with Crippen molar-refractivity contribution in [2.75, 3.05) is 7.05 Å². The van der Waals surface area contributed by atoms with Crippen molar-refractivity contribution in [1.29, 1.82) is 0 Å². The van der Waals surface area contributed by atoms with Crippen LogP contribution in [0.3, 0.4) is 0 Å². The number of amides is 2. The molecule has 1 aliphatic heterocycles. The van der Waals surface area contributed by atoms with Crippen LogP contribution in [0, 0.1) is 0 Å². The molecule has 1 fully saturated rings. The van der Waals surface area contributed by atoms with E-state index in [-0.39, 0.29) is 5.91 Å². The van der Waals surface area contributed by atoms with Gasteiger partial charge in [-0.05, 0) is 11.1 Å². The third-order valence-electron chi connectivity index (χ3n) is 3.84. The average Bonchev–Trinajstić information content (AvgIpc) is 2.97. The Morgan fingerprint density at radius 1 is 1.09 bits per heavy atom. The maximum Gasteiger partial charge on any atom is 0.408 e. The van der Waals surface area contributed by atoms with Gasteiger partial charge >= 0.3 is 6.09 Å². The molecule has 0 bridgehead atoms. The van der Waals surface area contributed by atoms with E-state index in [1.807, 2.05) is 60.7 Å². The second-order valence-electron chi connectivity index (χ2n) is 5.54. The Morgan fingerprint density at radius 3 is 2.35 bits per heavy atom. The summed E-state index contributed by atoms with van der Waals surface area (Å²) in [5.41, 5.74) is 1.84. The zero-order valence-electron chi connectivity index (χ0n) is 12.8. The highest BCUT2D eigenvalue weighted by Gasteiger charge is 2.41. The summed E-state index contributed by atoms with van der Waals surface area (Å²) < 4.78 is 5.28. The molecule has 0 radical (unpaired) electrons. The minimum Gasteiger partial charge on any atom is -0.439 e. The normalized spacial score (nSPS) is 19.8. The van der Waals surface area contributed by atoms with E-state index in [1.54, 1.807) is 11.9 Å². The molecule has 3 rings (SSSR count). The van der Waals surface area contributed by atoms with Gasteiger partial charge in [-0.25, -0.2) is 4.79 Å². The molecular weight excluding hydrogens is 292 g/mol. The Balaban J connectivity index is 1.75. The molecule has 2 aromatic rings. The summed E-state index contributed by atoms with van der Waals surface area (Å²) >= 11 is 0. The minimum atomic E-state index is -0.710. The molecule has 118 valence electrons. The minimum absolute atomic E-state index is 0.173. The average molecular weight is 310 g/mol. The molecule has 0 spiro atoms. The number of nitrogens with zero attached hydrogens (tertiary/aromatic N) is 1. The van der Waals surface area contributed by atoms with Gasteiger partial charge in [-0.1, -0.05) is 60.7 Å². The van der Waals surface area contributed by atoms with E-state index in [2.05, 4.69) is 5.32 Å². The fourth-order valence-electron chi connectivity index (χ4n) is 2.69. The Labute approximate surface area is 134 Å². The molecule has 2 unspecified atom stereocenters. The van der Waals surface area contributed by atoms with Gasteiger partial charge in [0.25, 0.3) is 0 Å². The standard InChI is InChI=1S/C18H18N2O3/c1-20(12-13-8-4-2-5-9-13)17(21)15-16(23-18(22)19-15)14-10-6-3-7-11-14/h2-11,15-16H,12H2,1H3,(H,19,22). The van der Waals surface area contributed by atoms with Crippen LogP contribution in [0.2, 0.25) is 0 Å². The fraction of sp³-hybridized carbons (Fsp3) is 0.222.